The lowest BCUT2D eigenvalue weighted by molar-refractivity contribution is -0.0139. The zero-order valence-corrected chi connectivity index (χ0v) is 15.5. The van der Waals surface area contributed by atoms with Crippen LogP contribution in [0.15, 0.2) is 18.2 Å². The summed E-state index contributed by atoms with van der Waals surface area (Å²) < 4.78 is 0. The average molecular weight is 343 g/mol. The van der Waals surface area contributed by atoms with Gasteiger partial charge in [-0.15, -0.1) is 0 Å². The summed E-state index contributed by atoms with van der Waals surface area (Å²) in [6, 6.07) is 6.13. The average Bonchev–Trinajstić information content (AvgIpc) is 2.48. The molecule has 22 heavy (non-hydrogen) atoms. The van der Waals surface area contributed by atoms with E-state index < -0.39 is 5.60 Å². The highest BCUT2D eigenvalue weighted by Gasteiger charge is 2.44. The maximum absolute atomic E-state index is 10.4. The second-order valence-electron chi connectivity index (χ2n) is 7.18. The second kappa shape index (κ2) is 7.11. The molecule has 124 valence electrons. The molecule has 1 aliphatic rings. The Bertz CT molecular complexity index is 500. The molecule has 1 fully saturated rings. The van der Waals surface area contributed by atoms with Crippen LogP contribution in [0.4, 0.5) is 0 Å². The van der Waals surface area contributed by atoms with Crippen LogP contribution in [0.25, 0.3) is 0 Å². The fraction of sp³-hybridized carbons (Fsp3) is 0.684. The van der Waals surface area contributed by atoms with Crippen molar-refractivity contribution in [2.45, 2.75) is 76.7 Å². The van der Waals surface area contributed by atoms with E-state index in [9.17, 15) is 5.11 Å². The Labute approximate surface area is 145 Å². The van der Waals surface area contributed by atoms with Gasteiger partial charge in [-0.25, -0.2) is 0 Å². The summed E-state index contributed by atoms with van der Waals surface area (Å²) in [5.74, 6) is 0.630. The molecule has 2 rings (SSSR count). The van der Waals surface area contributed by atoms with Crippen molar-refractivity contribution < 1.29 is 5.11 Å². The number of halogens is 2. The summed E-state index contributed by atoms with van der Waals surface area (Å²) in [6.45, 7) is 6.50. The smallest absolute Gasteiger partial charge is 0.0620 e. The van der Waals surface area contributed by atoms with Crippen molar-refractivity contribution in [2.75, 3.05) is 0 Å². The maximum Gasteiger partial charge on any atom is 0.0620 e. The summed E-state index contributed by atoms with van der Waals surface area (Å²) in [5, 5.41) is 11.6. The van der Waals surface area contributed by atoms with E-state index in [1.165, 1.54) is 18.4 Å². The molecule has 1 aliphatic carbocycles. The van der Waals surface area contributed by atoms with Gasteiger partial charge in [-0.05, 0) is 68.1 Å². The second-order valence-corrected chi connectivity index (χ2v) is 7.99. The lowest BCUT2D eigenvalue weighted by Gasteiger charge is -2.48. The van der Waals surface area contributed by atoms with E-state index in [0.29, 0.717) is 16.0 Å². The van der Waals surface area contributed by atoms with Crippen LogP contribution in [-0.2, 0) is 5.41 Å². The summed E-state index contributed by atoms with van der Waals surface area (Å²) in [4.78, 5) is 0. The maximum atomic E-state index is 10.4. The highest BCUT2D eigenvalue weighted by atomic mass is 35.5. The van der Waals surface area contributed by atoms with Gasteiger partial charge in [0.15, 0.2) is 0 Å². The minimum atomic E-state index is -0.524. The predicted molar refractivity (Wildman–Crippen MR) is 95.9 cm³/mol. The number of benzene rings is 1. The predicted octanol–water partition coefficient (Wildman–Crippen LogP) is 6.38. The van der Waals surface area contributed by atoms with Crippen molar-refractivity contribution in [3.8, 4) is 0 Å². The Morgan fingerprint density at radius 2 is 1.73 bits per heavy atom. The lowest BCUT2D eigenvalue weighted by atomic mass is 9.58. The van der Waals surface area contributed by atoms with Gasteiger partial charge in [0.05, 0.1) is 15.6 Å². The first-order chi connectivity index (χ1) is 10.3. The Balaban J connectivity index is 2.43. The first-order valence-electron chi connectivity index (χ1n) is 8.52. The van der Waals surface area contributed by atoms with Gasteiger partial charge in [0.2, 0.25) is 0 Å². The van der Waals surface area contributed by atoms with Crippen LogP contribution in [0.2, 0.25) is 10.0 Å². The van der Waals surface area contributed by atoms with Gasteiger partial charge in [0.25, 0.3) is 0 Å². The monoisotopic (exact) mass is 342 g/mol. The highest BCUT2D eigenvalue weighted by Crippen LogP contribution is 2.51. The van der Waals surface area contributed by atoms with Crippen LogP contribution < -0.4 is 0 Å². The summed E-state index contributed by atoms with van der Waals surface area (Å²) >= 11 is 12.4. The van der Waals surface area contributed by atoms with Gasteiger partial charge < -0.3 is 5.11 Å². The van der Waals surface area contributed by atoms with E-state index >= 15 is 0 Å². The summed E-state index contributed by atoms with van der Waals surface area (Å²) in [6.07, 6.45) is 7.33. The van der Waals surface area contributed by atoms with Crippen LogP contribution in [0.5, 0.6) is 0 Å². The van der Waals surface area contributed by atoms with E-state index in [4.69, 9.17) is 23.2 Å². The largest absolute Gasteiger partial charge is 0.390 e. The van der Waals surface area contributed by atoms with Crippen molar-refractivity contribution in [2.24, 2.45) is 5.92 Å². The molecule has 0 spiro atoms. The number of hydrogen-bond donors (Lipinski definition) is 1. The third kappa shape index (κ3) is 3.63. The normalized spacial score (nSPS) is 30.3. The van der Waals surface area contributed by atoms with E-state index in [1.807, 2.05) is 13.0 Å². The van der Waals surface area contributed by atoms with E-state index in [1.54, 1.807) is 0 Å². The standard InChI is InChI=1S/C19H28Cl2O/c1-4-6-14(5-2)19(11-9-18(3,22)10-12-19)15-7-8-16(20)17(21)13-15/h7-8,13-14,22H,4-6,9-12H2,1-3H3/t14-,18-,19+/m0/s1. The molecule has 0 heterocycles. The molecule has 0 aromatic heterocycles. The molecule has 1 saturated carbocycles. The molecule has 1 atom stereocenters. The van der Waals surface area contributed by atoms with Crippen LogP contribution in [0.1, 0.15) is 71.3 Å². The van der Waals surface area contributed by atoms with Crippen molar-refractivity contribution in [3.05, 3.63) is 33.8 Å². The molecule has 0 bridgehead atoms. The first-order valence-corrected chi connectivity index (χ1v) is 9.28. The fourth-order valence-electron chi connectivity index (χ4n) is 4.19. The third-order valence-electron chi connectivity index (χ3n) is 5.63. The van der Waals surface area contributed by atoms with Crippen molar-refractivity contribution in [1.82, 2.24) is 0 Å². The molecule has 1 aromatic rings. The molecule has 1 N–H and O–H groups in total. The SMILES string of the molecule is CCC[C@H](CC)[C@]1(c2ccc(Cl)c(Cl)c2)CC[C@@](C)(O)CC1. The van der Waals surface area contributed by atoms with Crippen molar-refractivity contribution in [1.29, 1.82) is 0 Å². The van der Waals surface area contributed by atoms with Gasteiger partial charge in [-0.2, -0.15) is 0 Å². The van der Waals surface area contributed by atoms with E-state index in [-0.39, 0.29) is 5.41 Å². The number of rotatable bonds is 5. The van der Waals surface area contributed by atoms with Crippen molar-refractivity contribution in [3.63, 3.8) is 0 Å². The number of aliphatic hydroxyl groups is 1. The molecule has 0 unspecified atom stereocenters. The minimum Gasteiger partial charge on any atom is -0.390 e. The molecule has 0 radical (unpaired) electrons. The quantitative estimate of drug-likeness (QED) is 0.657. The summed E-state index contributed by atoms with van der Waals surface area (Å²) in [5.41, 5.74) is 0.906. The van der Waals surface area contributed by atoms with Crippen LogP contribution in [0.3, 0.4) is 0 Å². The topological polar surface area (TPSA) is 20.2 Å². The Morgan fingerprint density at radius 1 is 1.09 bits per heavy atom. The molecule has 1 aromatic carbocycles. The number of hydrogen-bond acceptors (Lipinski definition) is 1. The fourth-order valence-corrected chi connectivity index (χ4v) is 4.49. The minimum absolute atomic E-state index is 0.126. The Kier molecular flexibility index (Phi) is 5.85. The molecular weight excluding hydrogens is 315 g/mol. The molecule has 3 heteroatoms. The molecule has 0 amide bonds. The first kappa shape index (κ1) is 18.1. The van der Waals surface area contributed by atoms with Crippen molar-refractivity contribution >= 4 is 23.2 Å². The van der Waals surface area contributed by atoms with Gasteiger partial charge >= 0.3 is 0 Å². The van der Waals surface area contributed by atoms with Gasteiger partial charge in [0, 0.05) is 0 Å². The zero-order valence-electron chi connectivity index (χ0n) is 14.0. The molecule has 0 aliphatic heterocycles. The van der Waals surface area contributed by atoms with Crippen LogP contribution >= 0.6 is 23.2 Å². The Hall–Kier alpha value is -0.240. The van der Waals surface area contributed by atoms with Gasteiger partial charge in [0.1, 0.15) is 0 Å². The highest BCUT2D eigenvalue weighted by molar-refractivity contribution is 6.42. The molecule has 1 nitrogen and oxygen atoms in total. The van der Waals surface area contributed by atoms with Gasteiger partial charge in [-0.1, -0.05) is 56.0 Å². The third-order valence-corrected chi connectivity index (χ3v) is 6.36. The molecule has 0 saturated heterocycles. The van der Waals surface area contributed by atoms with Gasteiger partial charge in [-0.3, -0.25) is 0 Å². The summed E-state index contributed by atoms with van der Waals surface area (Å²) in [7, 11) is 0. The molecular formula is C19H28Cl2O. The zero-order chi connectivity index (χ0) is 16.4. The Morgan fingerprint density at radius 3 is 2.23 bits per heavy atom. The van der Waals surface area contributed by atoms with E-state index in [2.05, 4.69) is 26.0 Å². The van der Waals surface area contributed by atoms with Crippen LogP contribution in [0, 0.1) is 5.92 Å². The lowest BCUT2D eigenvalue weighted by Crippen LogP contribution is -2.44. The van der Waals surface area contributed by atoms with Crippen LogP contribution in [-0.4, -0.2) is 10.7 Å². The van der Waals surface area contributed by atoms with E-state index in [0.717, 1.165) is 32.1 Å².